The summed E-state index contributed by atoms with van der Waals surface area (Å²) in [5, 5.41) is 11.8. The predicted molar refractivity (Wildman–Crippen MR) is 69.6 cm³/mol. The lowest BCUT2D eigenvalue weighted by Gasteiger charge is -2.16. The molecule has 0 heterocycles. The summed E-state index contributed by atoms with van der Waals surface area (Å²) in [4.78, 5) is 0. The molecule has 0 aliphatic carbocycles. The first-order valence-corrected chi connectivity index (χ1v) is 5.82. The summed E-state index contributed by atoms with van der Waals surface area (Å²) in [7, 11) is 0. The van der Waals surface area contributed by atoms with E-state index in [-0.39, 0.29) is 11.7 Å². The second kappa shape index (κ2) is 5.49. The summed E-state index contributed by atoms with van der Waals surface area (Å²) in [6, 6.07) is 12.3. The van der Waals surface area contributed by atoms with Crippen LogP contribution in [0.5, 0.6) is 0 Å². The molecule has 0 aromatic heterocycles. The molecule has 2 rings (SSSR count). The van der Waals surface area contributed by atoms with Gasteiger partial charge in [-0.1, -0.05) is 12.1 Å². The van der Waals surface area contributed by atoms with Gasteiger partial charge in [-0.2, -0.15) is 5.26 Å². The fourth-order valence-electron chi connectivity index (χ4n) is 1.80. The molecule has 0 radical (unpaired) electrons. The number of halogens is 2. The highest BCUT2D eigenvalue weighted by Gasteiger charge is 2.09. The smallest absolute Gasteiger partial charge is 0.149 e. The first kappa shape index (κ1) is 13.0. The van der Waals surface area contributed by atoms with Crippen LogP contribution in [0.2, 0.25) is 0 Å². The molecule has 0 spiro atoms. The third-order valence-corrected chi connectivity index (χ3v) is 2.82. The van der Waals surface area contributed by atoms with Crippen molar-refractivity contribution in [1.82, 2.24) is 0 Å². The lowest BCUT2D eigenvalue weighted by molar-refractivity contribution is 0.584. The molecule has 4 heteroatoms. The van der Waals surface area contributed by atoms with Crippen molar-refractivity contribution in [3.8, 4) is 6.07 Å². The molecule has 0 aliphatic heterocycles. The number of anilines is 1. The molecule has 1 atom stereocenters. The van der Waals surface area contributed by atoms with Crippen molar-refractivity contribution >= 4 is 5.69 Å². The summed E-state index contributed by atoms with van der Waals surface area (Å²) in [5.41, 5.74) is 1.64. The van der Waals surface area contributed by atoms with Crippen LogP contribution in [0, 0.1) is 23.0 Å². The fourth-order valence-corrected chi connectivity index (χ4v) is 1.80. The van der Waals surface area contributed by atoms with Crippen molar-refractivity contribution < 1.29 is 8.78 Å². The largest absolute Gasteiger partial charge is 0.376 e. The van der Waals surface area contributed by atoms with Gasteiger partial charge in [-0.05, 0) is 36.8 Å². The molecule has 2 aromatic rings. The van der Waals surface area contributed by atoms with E-state index >= 15 is 0 Å². The van der Waals surface area contributed by atoms with E-state index in [1.165, 1.54) is 12.1 Å². The average molecular weight is 258 g/mol. The van der Waals surface area contributed by atoms with Crippen LogP contribution in [0.3, 0.4) is 0 Å². The third kappa shape index (κ3) is 3.08. The van der Waals surface area contributed by atoms with Crippen molar-refractivity contribution in [3.63, 3.8) is 0 Å². The van der Waals surface area contributed by atoms with Gasteiger partial charge in [0.1, 0.15) is 11.6 Å². The molecule has 0 amide bonds. The zero-order valence-electron chi connectivity index (χ0n) is 10.3. The molecule has 0 aliphatic rings. The van der Waals surface area contributed by atoms with Crippen LogP contribution in [0.25, 0.3) is 0 Å². The number of nitriles is 1. The van der Waals surface area contributed by atoms with Crippen molar-refractivity contribution in [2.45, 2.75) is 13.0 Å². The fraction of sp³-hybridized carbons (Fsp3) is 0.133. The summed E-state index contributed by atoms with van der Waals surface area (Å²) in [5.74, 6) is -1.24. The standard InChI is InChI=1S/C15H12F2N2/c1-10(12-4-2-3-11(7-12)9-18)19-15-6-5-13(16)8-14(15)17/h2-8,10,19H,1H3. The number of rotatable bonds is 3. The normalized spacial score (nSPS) is 11.7. The maximum absolute atomic E-state index is 13.5. The lowest BCUT2D eigenvalue weighted by Crippen LogP contribution is -2.08. The van der Waals surface area contributed by atoms with Gasteiger partial charge in [0.2, 0.25) is 0 Å². The van der Waals surface area contributed by atoms with Crippen molar-refractivity contribution in [2.75, 3.05) is 5.32 Å². The maximum atomic E-state index is 13.5. The second-order valence-corrected chi connectivity index (χ2v) is 4.23. The first-order chi connectivity index (χ1) is 9.10. The van der Waals surface area contributed by atoms with Crippen LogP contribution >= 0.6 is 0 Å². The molecule has 2 nitrogen and oxygen atoms in total. The number of nitrogens with one attached hydrogen (secondary N) is 1. The maximum Gasteiger partial charge on any atom is 0.149 e. The second-order valence-electron chi connectivity index (χ2n) is 4.23. The average Bonchev–Trinajstić information content (AvgIpc) is 2.42. The predicted octanol–water partition coefficient (Wildman–Crippen LogP) is 4.01. The highest BCUT2D eigenvalue weighted by Crippen LogP contribution is 2.22. The van der Waals surface area contributed by atoms with E-state index in [0.717, 1.165) is 11.6 Å². The molecule has 0 fully saturated rings. The first-order valence-electron chi connectivity index (χ1n) is 5.82. The summed E-state index contributed by atoms with van der Waals surface area (Å²) in [6.07, 6.45) is 0. The minimum Gasteiger partial charge on any atom is -0.376 e. The Labute approximate surface area is 110 Å². The SMILES string of the molecule is CC(Nc1ccc(F)cc1F)c1cccc(C#N)c1. The molecular weight excluding hydrogens is 246 g/mol. The number of nitrogens with zero attached hydrogens (tertiary/aromatic N) is 1. The molecule has 0 saturated carbocycles. The summed E-state index contributed by atoms with van der Waals surface area (Å²) in [6.45, 7) is 1.85. The molecule has 1 unspecified atom stereocenters. The van der Waals surface area contributed by atoms with Gasteiger partial charge in [-0.3, -0.25) is 0 Å². The van der Waals surface area contributed by atoms with Gasteiger partial charge in [-0.15, -0.1) is 0 Å². The monoisotopic (exact) mass is 258 g/mol. The molecule has 0 saturated heterocycles. The van der Waals surface area contributed by atoms with E-state index in [2.05, 4.69) is 11.4 Å². The summed E-state index contributed by atoms with van der Waals surface area (Å²) >= 11 is 0. The third-order valence-electron chi connectivity index (χ3n) is 2.82. The summed E-state index contributed by atoms with van der Waals surface area (Å²) < 4.78 is 26.3. The molecule has 96 valence electrons. The Kier molecular flexibility index (Phi) is 3.76. The highest BCUT2D eigenvalue weighted by molar-refractivity contribution is 5.47. The molecule has 19 heavy (non-hydrogen) atoms. The van der Waals surface area contributed by atoms with Gasteiger partial charge in [0, 0.05) is 12.1 Å². The van der Waals surface area contributed by atoms with Gasteiger partial charge in [-0.25, -0.2) is 8.78 Å². The van der Waals surface area contributed by atoms with Crippen LogP contribution in [-0.2, 0) is 0 Å². The minimum atomic E-state index is -0.636. The molecule has 2 aromatic carbocycles. The van der Waals surface area contributed by atoms with Crippen LogP contribution in [0.15, 0.2) is 42.5 Å². The Bertz CT molecular complexity index is 632. The van der Waals surface area contributed by atoms with E-state index in [1.807, 2.05) is 13.0 Å². The minimum absolute atomic E-state index is 0.187. The van der Waals surface area contributed by atoms with E-state index in [4.69, 9.17) is 5.26 Å². The number of hydrogen-bond donors (Lipinski definition) is 1. The van der Waals surface area contributed by atoms with Crippen LogP contribution < -0.4 is 5.32 Å². The lowest BCUT2D eigenvalue weighted by atomic mass is 10.1. The Morgan fingerprint density at radius 1 is 1.16 bits per heavy atom. The molecule has 1 N–H and O–H groups in total. The number of hydrogen-bond acceptors (Lipinski definition) is 2. The van der Waals surface area contributed by atoms with Crippen molar-refractivity contribution in [2.24, 2.45) is 0 Å². The van der Waals surface area contributed by atoms with Crippen molar-refractivity contribution in [3.05, 3.63) is 65.2 Å². The Hall–Kier alpha value is -2.41. The zero-order chi connectivity index (χ0) is 13.8. The van der Waals surface area contributed by atoms with Crippen LogP contribution in [0.4, 0.5) is 14.5 Å². The zero-order valence-corrected chi connectivity index (χ0v) is 10.3. The van der Waals surface area contributed by atoms with E-state index in [9.17, 15) is 8.78 Å². The van der Waals surface area contributed by atoms with Crippen LogP contribution in [0.1, 0.15) is 24.1 Å². The Morgan fingerprint density at radius 2 is 1.95 bits per heavy atom. The van der Waals surface area contributed by atoms with Gasteiger partial charge in [0.25, 0.3) is 0 Å². The van der Waals surface area contributed by atoms with Crippen LogP contribution in [-0.4, -0.2) is 0 Å². The van der Waals surface area contributed by atoms with Gasteiger partial charge in [0.15, 0.2) is 0 Å². The van der Waals surface area contributed by atoms with Gasteiger partial charge >= 0.3 is 0 Å². The molecular formula is C15H12F2N2. The van der Waals surface area contributed by atoms with E-state index in [0.29, 0.717) is 5.56 Å². The Balaban J connectivity index is 2.20. The number of benzene rings is 2. The van der Waals surface area contributed by atoms with E-state index < -0.39 is 11.6 Å². The molecule has 0 bridgehead atoms. The topological polar surface area (TPSA) is 35.8 Å². The van der Waals surface area contributed by atoms with E-state index in [1.54, 1.807) is 18.2 Å². The van der Waals surface area contributed by atoms with Crippen molar-refractivity contribution in [1.29, 1.82) is 5.26 Å². The Morgan fingerprint density at radius 3 is 2.63 bits per heavy atom. The van der Waals surface area contributed by atoms with Gasteiger partial charge in [0.05, 0.1) is 17.3 Å². The quantitative estimate of drug-likeness (QED) is 0.902. The van der Waals surface area contributed by atoms with Gasteiger partial charge < -0.3 is 5.32 Å². The highest BCUT2D eigenvalue weighted by atomic mass is 19.1.